The van der Waals surface area contributed by atoms with E-state index in [2.05, 4.69) is 15.5 Å². The zero-order valence-electron chi connectivity index (χ0n) is 20.8. The van der Waals surface area contributed by atoms with E-state index < -0.39 is 5.41 Å². The quantitative estimate of drug-likeness (QED) is 0.253. The van der Waals surface area contributed by atoms with Gasteiger partial charge in [-0.05, 0) is 48.5 Å². The first-order valence-corrected chi connectivity index (χ1v) is 13.1. The van der Waals surface area contributed by atoms with Gasteiger partial charge in [0.2, 0.25) is 16.9 Å². The van der Waals surface area contributed by atoms with E-state index in [-0.39, 0.29) is 11.8 Å². The Morgan fingerprint density at radius 3 is 2.39 bits per heavy atom. The molecule has 6 rings (SSSR count). The van der Waals surface area contributed by atoms with E-state index in [1.807, 2.05) is 105 Å². The highest BCUT2D eigenvalue weighted by Crippen LogP contribution is 2.52. The third-order valence-electron chi connectivity index (χ3n) is 6.65. The van der Waals surface area contributed by atoms with Gasteiger partial charge in [-0.2, -0.15) is 0 Å². The maximum Gasteiger partial charge on any atom is 0.232 e. The summed E-state index contributed by atoms with van der Waals surface area (Å²) in [6, 6.07) is 29.2. The van der Waals surface area contributed by atoms with E-state index in [9.17, 15) is 4.79 Å². The molecule has 0 spiro atoms. The second kappa shape index (κ2) is 9.72. The number of hydrogen-bond donors (Lipinski definition) is 1. The molecule has 38 heavy (non-hydrogen) atoms. The minimum Gasteiger partial charge on any atom is -0.457 e. The first-order valence-electron chi connectivity index (χ1n) is 12.2. The van der Waals surface area contributed by atoms with Crippen molar-refractivity contribution in [3.05, 3.63) is 108 Å². The van der Waals surface area contributed by atoms with Crippen LogP contribution >= 0.6 is 11.3 Å². The summed E-state index contributed by atoms with van der Waals surface area (Å²) in [5, 5.41) is 11.2. The average Bonchev–Trinajstić information content (AvgIpc) is 3.45. The van der Waals surface area contributed by atoms with Gasteiger partial charge in [0.1, 0.15) is 22.8 Å². The Kier molecular flexibility index (Phi) is 6.09. The number of hydrogen-bond acceptors (Lipinski definition) is 7. The fourth-order valence-electron chi connectivity index (χ4n) is 4.71. The number of fused-ring (bicyclic) bond motifs is 2. The van der Waals surface area contributed by atoms with Gasteiger partial charge in [0.15, 0.2) is 0 Å². The number of rotatable bonds is 6. The Hall–Kier alpha value is -4.56. The van der Waals surface area contributed by atoms with Crippen LogP contribution in [0.2, 0.25) is 0 Å². The van der Waals surface area contributed by atoms with Crippen LogP contribution in [-0.2, 0) is 4.79 Å². The number of nitrogens with one attached hydrogen (secondary N) is 1. The smallest absolute Gasteiger partial charge is 0.232 e. The lowest BCUT2D eigenvalue weighted by atomic mass is 9.69. The summed E-state index contributed by atoms with van der Waals surface area (Å²) in [5.74, 6) is 2.28. The number of amides is 1. The predicted molar refractivity (Wildman–Crippen MR) is 147 cm³/mol. The summed E-state index contributed by atoms with van der Waals surface area (Å²) < 4.78 is 12.2. The molecule has 1 aliphatic rings. The van der Waals surface area contributed by atoms with Crippen molar-refractivity contribution in [2.75, 3.05) is 5.32 Å². The van der Waals surface area contributed by atoms with E-state index in [1.54, 1.807) is 5.51 Å². The van der Waals surface area contributed by atoms with Crippen LogP contribution < -0.4 is 14.8 Å². The molecule has 1 amide bonds. The molecule has 1 N–H and O–H groups in total. The minimum atomic E-state index is -0.833. The van der Waals surface area contributed by atoms with Crippen molar-refractivity contribution in [3.63, 3.8) is 0 Å². The molecule has 0 radical (unpaired) electrons. The maximum absolute atomic E-state index is 13.5. The average molecular weight is 521 g/mol. The van der Waals surface area contributed by atoms with Gasteiger partial charge in [-0.15, -0.1) is 10.2 Å². The molecule has 0 fully saturated rings. The first kappa shape index (κ1) is 23.8. The molecule has 1 atom stereocenters. The lowest BCUT2D eigenvalue weighted by Crippen LogP contribution is -2.38. The molecule has 8 heteroatoms. The molecule has 0 saturated heterocycles. The topological polar surface area (TPSA) is 86.2 Å². The molecule has 3 heterocycles. The number of pyridine rings is 1. The van der Waals surface area contributed by atoms with Crippen molar-refractivity contribution in [3.8, 4) is 34.4 Å². The van der Waals surface area contributed by atoms with Crippen molar-refractivity contribution in [2.45, 2.75) is 19.8 Å². The first-order chi connectivity index (χ1) is 18.5. The second-order valence-electron chi connectivity index (χ2n) is 9.52. The minimum absolute atomic E-state index is 0.153. The summed E-state index contributed by atoms with van der Waals surface area (Å²) in [7, 11) is 0. The van der Waals surface area contributed by atoms with E-state index in [4.69, 9.17) is 14.5 Å². The number of carbonyl (C=O) groups excluding carboxylic acids is 1. The Labute approximate surface area is 224 Å². The standard InChI is InChI=1S/C30H24N4O3S/c1-30(2,28(35)33-29-34-31-18-38-29)26-22-10-6-7-11-25(22)37-27-23(26)16-17-24(32-27)19-12-14-21(15-13-19)36-20-8-4-3-5-9-20/h3-18,26H,1-2H3,(H,33,34,35)/t26-/m0/s1. The molecule has 188 valence electrons. The Bertz CT molecular complexity index is 1590. The van der Waals surface area contributed by atoms with Crippen LogP contribution in [0.5, 0.6) is 23.1 Å². The Morgan fingerprint density at radius 1 is 0.895 bits per heavy atom. The molecule has 3 aromatic carbocycles. The lowest BCUT2D eigenvalue weighted by Gasteiger charge is -2.37. The van der Waals surface area contributed by atoms with Gasteiger partial charge in [0.25, 0.3) is 0 Å². The third-order valence-corrected chi connectivity index (χ3v) is 7.26. The van der Waals surface area contributed by atoms with Gasteiger partial charge >= 0.3 is 0 Å². The second-order valence-corrected chi connectivity index (χ2v) is 10.4. The van der Waals surface area contributed by atoms with Gasteiger partial charge in [-0.1, -0.05) is 67.6 Å². The molecule has 0 unspecified atom stereocenters. The summed E-state index contributed by atoms with van der Waals surface area (Å²) in [6.45, 7) is 3.86. The summed E-state index contributed by atoms with van der Waals surface area (Å²) in [6.07, 6.45) is 0. The van der Waals surface area contributed by atoms with E-state index in [1.165, 1.54) is 11.3 Å². The number of ether oxygens (including phenoxy) is 2. The highest BCUT2D eigenvalue weighted by atomic mass is 32.1. The van der Waals surface area contributed by atoms with Crippen molar-refractivity contribution < 1.29 is 14.3 Å². The van der Waals surface area contributed by atoms with E-state index in [0.717, 1.165) is 33.9 Å². The highest BCUT2D eigenvalue weighted by Gasteiger charge is 2.44. The molecule has 0 bridgehead atoms. The zero-order valence-corrected chi connectivity index (χ0v) is 21.6. The normalized spacial score (nSPS) is 14.1. The molecule has 7 nitrogen and oxygen atoms in total. The van der Waals surface area contributed by atoms with E-state index >= 15 is 0 Å². The molecule has 5 aromatic rings. The highest BCUT2D eigenvalue weighted by molar-refractivity contribution is 7.13. The van der Waals surface area contributed by atoms with Gasteiger partial charge in [0, 0.05) is 22.6 Å². The van der Waals surface area contributed by atoms with E-state index in [0.29, 0.717) is 16.8 Å². The fourth-order valence-corrected chi connectivity index (χ4v) is 5.15. The molecular formula is C30H24N4O3S. The third kappa shape index (κ3) is 4.50. The van der Waals surface area contributed by atoms with Crippen molar-refractivity contribution in [1.29, 1.82) is 0 Å². The van der Waals surface area contributed by atoms with Crippen molar-refractivity contribution in [1.82, 2.24) is 15.2 Å². The van der Waals surface area contributed by atoms with Crippen LogP contribution in [0, 0.1) is 5.41 Å². The molecular weight excluding hydrogens is 496 g/mol. The predicted octanol–water partition coefficient (Wildman–Crippen LogP) is 7.29. The number of benzene rings is 3. The van der Waals surface area contributed by atoms with Crippen molar-refractivity contribution in [2.24, 2.45) is 5.41 Å². The number of para-hydroxylation sites is 2. The fraction of sp³-hybridized carbons (Fsp3) is 0.133. The van der Waals surface area contributed by atoms with Crippen LogP contribution in [0.15, 0.2) is 96.5 Å². The lowest BCUT2D eigenvalue weighted by molar-refractivity contribution is -0.124. The number of nitrogens with zero attached hydrogens (tertiary/aromatic N) is 3. The molecule has 2 aromatic heterocycles. The zero-order chi connectivity index (χ0) is 26.1. The molecule has 0 aliphatic carbocycles. The SMILES string of the molecule is CC(C)(C(=O)Nc1nncs1)[C@H]1c2ccccc2Oc2nc(-c3ccc(Oc4ccccc4)cc3)ccc21. The number of aromatic nitrogens is 3. The monoisotopic (exact) mass is 520 g/mol. The van der Waals surface area contributed by atoms with Crippen LogP contribution in [-0.4, -0.2) is 21.1 Å². The summed E-state index contributed by atoms with van der Waals surface area (Å²) in [4.78, 5) is 18.3. The number of anilines is 1. The molecule has 1 aliphatic heterocycles. The summed E-state index contributed by atoms with van der Waals surface area (Å²) in [5.41, 5.74) is 4.25. The van der Waals surface area contributed by atoms with Crippen LogP contribution in [0.3, 0.4) is 0 Å². The Balaban J connectivity index is 1.33. The number of carbonyl (C=O) groups is 1. The van der Waals surface area contributed by atoms with Crippen LogP contribution in [0.4, 0.5) is 5.13 Å². The van der Waals surface area contributed by atoms with Crippen LogP contribution in [0.1, 0.15) is 30.9 Å². The van der Waals surface area contributed by atoms with Crippen LogP contribution in [0.25, 0.3) is 11.3 Å². The van der Waals surface area contributed by atoms with Crippen molar-refractivity contribution >= 4 is 22.4 Å². The van der Waals surface area contributed by atoms with Gasteiger partial charge < -0.3 is 14.8 Å². The van der Waals surface area contributed by atoms with Gasteiger partial charge in [-0.25, -0.2) is 4.98 Å². The van der Waals surface area contributed by atoms with Gasteiger partial charge in [-0.3, -0.25) is 4.79 Å². The Morgan fingerprint density at radius 2 is 1.63 bits per heavy atom. The maximum atomic E-state index is 13.5. The largest absolute Gasteiger partial charge is 0.457 e. The van der Waals surface area contributed by atoms with Gasteiger partial charge in [0.05, 0.1) is 11.1 Å². The summed E-state index contributed by atoms with van der Waals surface area (Å²) >= 11 is 1.29. The molecule has 0 saturated carbocycles.